The van der Waals surface area contributed by atoms with Gasteiger partial charge in [-0.15, -0.1) is 11.3 Å². The van der Waals surface area contributed by atoms with Crippen molar-refractivity contribution in [1.82, 2.24) is 4.98 Å². The van der Waals surface area contributed by atoms with Crippen LogP contribution in [-0.4, -0.2) is 4.98 Å². The molecule has 3 aromatic rings. The molecule has 0 atom stereocenters. The molecule has 0 aliphatic heterocycles. The Morgan fingerprint density at radius 2 is 1.81 bits per heavy atom. The molecule has 0 radical (unpaired) electrons. The third kappa shape index (κ3) is 2.73. The Bertz CT molecular complexity index is 763. The van der Waals surface area contributed by atoms with E-state index in [2.05, 4.69) is 24.0 Å². The number of benzene rings is 2. The Hall–Kier alpha value is -2.04. The molecule has 0 saturated carbocycles. The van der Waals surface area contributed by atoms with Gasteiger partial charge in [0.05, 0.1) is 10.6 Å². The number of aryl methyl sites for hydroxylation is 1. The van der Waals surface area contributed by atoms with Crippen molar-refractivity contribution >= 4 is 11.3 Å². The minimum absolute atomic E-state index is 0.236. The van der Waals surface area contributed by atoms with Crippen LogP contribution in [0.3, 0.4) is 0 Å². The van der Waals surface area contributed by atoms with Gasteiger partial charge < -0.3 is 5.73 Å². The van der Waals surface area contributed by atoms with E-state index in [1.807, 2.05) is 12.1 Å². The van der Waals surface area contributed by atoms with Crippen molar-refractivity contribution in [3.05, 3.63) is 64.9 Å². The average molecular weight is 298 g/mol. The molecule has 2 nitrogen and oxygen atoms in total. The molecule has 1 heterocycles. The van der Waals surface area contributed by atoms with Crippen LogP contribution in [0.15, 0.2) is 48.5 Å². The van der Waals surface area contributed by atoms with Crippen molar-refractivity contribution in [1.29, 1.82) is 0 Å². The summed E-state index contributed by atoms with van der Waals surface area (Å²) in [7, 11) is 0. The zero-order valence-electron chi connectivity index (χ0n) is 11.6. The van der Waals surface area contributed by atoms with E-state index in [1.165, 1.54) is 12.1 Å². The van der Waals surface area contributed by atoms with Gasteiger partial charge in [-0.1, -0.05) is 36.4 Å². The van der Waals surface area contributed by atoms with Crippen LogP contribution in [0.2, 0.25) is 0 Å². The predicted molar refractivity (Wildman–Crippen MR) is 85.6 cm³/mol. The van der Waals surface area contributed by atoms with Crippen molar-refractivity contribution in [2.45, 2.75) is 13.5 Å². The average Bonchev–Trinajstić information content (AvgIpc) is 2.92. The van der Waals surface area contributed by atoms with Crippen LogP contribution in [0.4, 0.5) is 4.39 Å². The van der Waals surface area contributed by atoms with Gasteiger partial charge in [0, 0.05) is 12.1 Å². The quantitative estimate of drug-likeness (QED) is 0.779. The summed E-state index contributed by atoms with van der Waals surface area (Å²) in [6.07, 6.45) is 0. The highest BCUT2D eigenvalue weighted by Gasteiger charge is 2.15. The normalized spacial score (nSPS) is 10.8. The van der Waals surface area contributed by atoms with Crippen molar-refractivity contribution in [2.24, 2.45) is 5.73 Å². The van der Waals surface area contributed by atoms with Gasteiger partial charge in [0.1, 0.15) is 10.8 Å². The van der Waals surface area contributed by atoms with Crippen LogP contribution in [0.25, 0.3) is 21.7 Å². The molecule has 0 unspecified atom stereocenters. The van der Waals surface area contributed by atoms with Crippen molar-refractivity contribution in [3.63, 3.8) is 0 Å². The number of aromatic nitrogens is 1. The van der Waals surface area contributed by atoms with Gasteiger partial charge in [0.15, 0.2) is 0 Å². The third-order valence-electron chi connectivity index (χ3n) is 3.35. The van der Waals surface area contributed by atoms with Crippen molar-refractivity contribution in [3.8, 4) is 21.7 Å². The Balaban J connectivity index is 2.19. The number of rotatable bonds is 3. The van der Waals surface area contributed by atoms with Gasteiger partial charge in [-0.2, -0.15) is 0 Å². The first-order chi connectivity index (χ1) is 10.2. The molecular weight excluding hydrogens is 283 g/mol. The lowest BCUT2D eigenvalue weighted by Gasteiger charge is -2.06. The van der Waals surface area contributed by atoms with E-state index < -0.39 is 0 Å². The Morgan fingerprint density at radius 1 is 1.10 bits per heavy atom. The fraction of sp³-hybridized carbons (Fsp3) is 0.118. The largest absolute Gasteiger partial charge is 0.325 e. The summed E-state index contributed by atoms with van der Waals surface area (Å²) in [5, 5.41) is 0.882. The predicted octanol–water partition coefficient (Wildman–Crippen LogP) is 4.38. The molecule has 0 bridgehead atoms. The molecule has 1 aromatic heterocycles. The molecule has 21 heavy (non-hydrogen) atoms. The molecule has 4 heteroatoms. The molecule has 0 saturated heterocycles. The minimum Gasteiger partial charge on any atom is -0.325 e. The van der Waals surface area contributed by atoms with E-state index in [0.29, 0.717) is 6.54 Å². The maximum Gasteiger partial charge on any atom is 0.123 e. The molecule has 0 amide bonds. The lowest BCUT2D eigenvalue weighted by molar-refractivity contribution is 0.628. The molecule has 3 rings (SSSR count). The van der Waals surface area contributed by atoms with Crippen molar-refractivity contribution < 1.29 is 4.39 Å². The van der Waals surface area contributed by atoms with Crippen LogP contribution in [-0.2, 0) is 6.54 Å². The number of nitrogens with zero attached hydrogens (tertiary/aromatic N) is 1. The molecule has 2 N–H and O–H groups in total. The zero-order valence-corrected chi connectivity index (χ0v) is 12.5. The van der Waals surface area contributed by atoms with Gasteiger partial charge >= 0.3 is 0 Å². The van der Waals surface area contributed by atoms with E-state index >= 15 is 0 Å². The first kappa shape index (κ1) is 13.9. The van der Waals surface area contributed by atoms with E-state index in [9.17, 15) is 4.39 Å². The topological polar surface area (TPSA) is 38.9 Å². The molecule has 0 spiro atoms. The molecule has 0 aliphatic rings. The van der Waals surface area contributed by atoms with E-state index in [-0.39, 0.29) is 5.82 Å². The van der Waals surface area contributed by atoms with Crippen LogP contribution < -0.4 is 5.73 Å². The maximum absolute atomic E-state index is 13.1. The summed E-state index contributed by atoms with van der Waals surface area (Å²) < 4.78 is 13.1. The van der Waals surface area contributed by atoms with Gasteiger partial charge in [0.2, 0.25) is 0 Å². The van der Waals surface area contributed by atoms with E-state index in [1.54, 1.807) is 23.5 Å². The minimum atomic E-state index is -0.236. The van der Waals surface area contributed by atoms with Gasteiger partial charge in [-0.05, 0) is 30.2 Å². The smallest absolute Gasteiger partial charge is 0.123 e. The summed E-state index contributed by atoms with van der Waals surface area (Å²) in [5.74, 6) is -0.236. The number of hydrogen-bond acceptors (Lipinski definition) is 3. The Morgan fingerprint density at radius 3 is 2.48 bits per heavy atom. The highest BCUT2D eigenvalue weighted by Crippen LogP contribution is 2.37. The number of halogens is 1. The monoisotopic (exact) mass is 298 g/mol. The van der Waals surface area contributed by atoms with Crippen molar-refractivity contribution in [2.75, 3.05) is 0 Å². The second kappa shape index (κ2) is 5.76. The molecule has 0 fully saturated rings. The van der Waals surface area contributed by atoms with Gasteiger partial charge in [0.25, 0.3) is 0 Å². The zero-order chi connectivity index (χ0) is 14.8. The first-order valence-corrected chi connectivity index (χ1v) is 7.52. The Kier molecular flexibility index (Phi) is 3.82. The van der Waals surface area contributed by atoms with Crippen LogP contribution in [0.5, 0.6) is 0 Å². The third-order valence-corrected chi connectivity index (χ3v) is 4.48. The maximum atomic E-state index is 13.1. The number of hydrogen-bond donors (Lipinski definition) is 1. The SMILES string of the molecule is Cc1ccccc1-c1nc(CN)sc1-c1ccc(F)cc1. The fourth-order valence-electron chi connectivity index (χ4n) is 2.27. The van der Waals surface area contributed by atoms with Gasteiger partial charge in [-0.3, -0.25) is 0 Å². The number of thiazole rings is 1. The summed E-state index contributed by atoms with van der Waals surface area (Å²) in [4.78, 5) is 5.69. The highest BCUT2D eigenvalue weighted by atomic mass is 32.1. The lowest BCUT2D eigenvalue weighted by Crippen LogP contribution is -1.94. The second-order valence-electron chi connectivity index (χ2n) is 4.81. The summed E-state index contributed by atoms with van der Waals surface area (Å²) in [5.41, 5.74) is 9.88. The van der Waals surface area contributed by atoms with Crippen LogP contribution in [0.1, 0.15) is 10.6 Å². The summed E-state index contributed by atoms with van der Waals surface area (Å²) in [6, 6.07) is 14.6. The molecule has 2 aromatic carbocycles. The molecular formula is C17H15FN2S. The molecule has 106 valence electrons. The fourth-order valence-corrected chi connectivity index (χ4v) is 3.23. The van der Waals surface area contributed by atoms with E-state index in [0.717, 1.165) is 32.3 Å². The standard InChI is InChI=1S/C17H15FN2S/c1-11-4-2-3-5-14(11)16-17(21-15(10-19)20-16)12-6-8-13(18)9-7-12/h2-9H,10,19H2,1H3. The van der Waals surface area contributed by atoms with E-state index in [4.69, 9.17) is 5.73 Å². The summed E-state index contributed by atoms with van der Waals surface area (Å²) in [6.45, 7) is 2.47. The number of nitrogens with two attached hydrogens (primary N) is 1. The Labute approximate surface area is 127 Å². The molecule has 0 aliphatic carbocycles. The van der Waals surface area contributed by atoms with Crippen LogP contribution in [0, 0.1) is 12.7 Å². The second-order valence-corrected chi connectivity index (χ2v) is 5.89. The van der Waals surface area contributed by atoms with Crippen LogP contribution >= 0.6 is 11.3 Å². The first-order valence-electron chi connectivity index (χ1n) is 6.70. The summed E-state index contributed by atoms with van der Waals surface area (Å²) >= 11 is 1.56. The van der Waals surface area contributed by atoms with Gasteiger partial charge in [-0.25, -0.2) is 9.37 Å². The highest BCUT2D eigenvalue weighted by molar-refractivity contribution is 7.15. The lowest BCUT2D eigenvalue weighted by atomic mass is 10.0.